The summed E-state index contributed by atoms with van der Waals surface area (Å²) in [5, 5.41) is 12.0. The molecule has 1 aliphatic heterocycles. The largest absolute Gasteiger partial charge is 0.390 e. The van der Waals surface area contributed by atoms with Crippen molar-refractivity contribution in [3.05, 3.63) is 40.9 Å². The number of aromatic nitrogens is 1. The van der Waals surface area contributed by atoms with E-state index >= 15 is 0 Å². The number of rotatable bonds is 4. The van der Waals surface area contributed by atoms with Crippen LogP contribution in [-0.2, 0) is 11.3 Å². The van der Waals surface area contributed by atoms with Gasteiger partial charge in [-0.05, 0) is 12.5 Å². The highest BCUT2D eigenvalue weighted by Gasteiger charge is 2.18. The maximum atomic E-state index is 9.09. The number of aliphatic hydroxyl groups is 1. The summed E-state index contributed by atoms with van der Waals surface area (Å²) in [6.07, 6.45) is 0. The van der Waals surface area contributed by atoms with Crippen molar-refractivity contribution in [3.8, 4) is 10.6 Å². The molecule has 0 aliphatic carbocycles. The van der Waals surface area contributed by atoms with Crippen LogP contribution in [0.3, 0.4) is 0 Å². The van der Waals surface area contributed by atoms with E-state index in [0.29, 0.717) is 6.04 Å². The lowest BCUT2D eigenvalue weighted by atomic mass is 10.0. The number of hydrogen-bond donors (Lipinski definition) is 1. The molecule has 2 aromatic rings. The average Bonchev–Trinajstić information content (AvgIpc) is 3.04. The molecule has 0 radical (unpaired) electrons. The van der Waals surface area contributed by atoms with E-state index in [4.69, 9.17) is 9.84 Å². The number of ether oxygens (including phenoxy) is 1. The second kappa shape index (κ2) is 6.66. The Bertz CT molecular complexity index is 576. The summed E-state index contributed by atoms with van der Waals surface area (Å²) in [4.78, 5) is 6.86. The van der Waals surface area contributed by atoms with E-state index in [2.05, 4.69) is 41.1 Å². The lowest BCUT2D eigenvalue weighted by Gasteiger charge is -2.32. The Morgan fingerprint density at radius 3 is 2.62 bits per heavy atom. The molecule has 4 nitrogen and oxygen atoms in total. The first-order chi connectivity index (χ1) is 10.3. The van der Waals surface area contributed by atoms with Gasteiger partial charge in [0.2, 0.25) is 0 Å². The molecule has 1 aromatic heterocycles. The van der Waals surface area contributed by atoms with Crippen molar-refractivity contribution in [2.75, 3.05) is 26.3 Å². The molecule has 3 rings (SSSR count). The van der Waals surface area contributed by atoms with Gasteiger partial charge in [-0.25, -0.2) is 4.98 Å². The number of thiazole rings is 1. The minimum Gasteiger partial charge on any atom is -0.390 e. The quantitative estimate of drug-likeness (QED) is 0.943. The van der Waals surface area contributed by atoms with Gasteiger partial charge in [0.1, 0.15) is 5.01 Å². The van der Waals surface area contributed by atoms with Crippen LogP contribution in [0.15, 0.2) is 29.6 Å². The molecule has 2 heterocycles. The SMILES string of the molecule is C[C@H](c1ccc(-c2nc(CO)cs2)cc1)N1CCOCC1. The van der Waals surface area contributed by atoms with Crippen molar-refractivity contribution in [2.24, 2.45) is 0 Å². The van der Waals surface area contributed by atoms with Crippen LogP contribution in [0.5, 0.6) is 0 Å². The Balaban J connectivity index is 1.73. The molecule has 0 saturated carbocycles. The van der Waals surface area contributed by atoms with Crippen molar-refractivity contribution in [1.29, 1.82) is 0 Å². The number of morpholine rings is 1. The molecule has 1 aliphatic rings. The minimum absolute atomic E-state index is 0.00263. The summed E-state index contributed by atoms with van der Waals surface area (Å²) in [5.41, 5.74) is 3.16. The van der Waals surface area contributed by atoms with Gasteiger partial charge in [0.05, 0.1) is 25.5 Å². The zero-order valence-electron chi connectivity index (χ0n) is 12.2. The number of benzene rings is 1. The van der Waals surface area contributed by atoms with E-state index < -0.39 is 0 Å². The zero-order valence-corrected chi connectivity index (χ0v) is 13.0. The Labute approximate surface area is 129 Å². The molecule has 1 N–H and O–H groups in total. The highest BCUT2D eigenvalue weighted by Crippen LogP contribution is 2.27. The summed E-state index contributed by atoms with van der Waals surface area (Å²) in [7, 11) is 0. The van der Waals surface area contributed by atoms with Crippen molar-refractivity contribution < 1.29 is 9.84 Å². The van der Waals surface area contributed by atoms with Gasteiger partial charge in [-0.15, -0.1) is 11.3 Å². The predicted octanol–water partition coefficient (Wildman–Crippen LogP) is 2.70. The number of aliphatic hydroxyl groups excluding tert-OH is 1. The topological polar surface area (TPSA) is 45.6 Å². The van der Waals surface area contributed by atoms with E-state index in [0.717, 1.165) is 42.6 Å². The molecule has 1 atom stereocenters. The first kappa shape index (κ1) is 14.7. The van der Waals surface area contributed by atoms with Crippen molar-refractivity contribution >= 4 is 11.3 Å². The third-order valence-electron chi connectivity index (χ3n) is 3.95. The van der Waals surface area contributed by atoms with E-state index in [9.17, 15) is 0 Å². The fourth-order valence-electron chi connectivity index (χ4n) is 2.59. The Hall–Kier alpha value is -1.27. The van der Waals surface area contributed by atoms with Crippen LogP contribution in [0.1, 0.15) is 24.2 Å². The maximum absolute atomic E-state index is 9.09. The molecule has 5 heteroatoms. The van der Waals surface area contributed by atoms with Crippen molar-refractivity contribution in [2.45, 2.75) is 19.6 Å². The monoisotopic (exact) mass is 304 g/mol. The summed E-state index contributed by atoms with van der Waals surface area (Å²) in [5.74, 6) is 0. The van der Waals surface area contributed by atoms with Crippen LogP contribution in [0.25, 0.3) is 10.6 Å². The first-order valence-corrected chi connectivity index (χ1v) is 8.13. The predicted molar refractivity (Wildman–Crippen MR) is 84.3 cm³/mol. The third-order valence-corrected chi connectivity index (χ3v) is 4.89. The third kappa shape index (κ3) is 3.32. The lowest BCUT2D eigenvalue weighted by Crippen LogP contribution is -2.37. The second-order valence-electron chi connectivity index (χ2n) is 5.25. The molecule has 0 bridgehead atoms. The molecule has 1 fully saturated rings. The van der Waals surface area contributed by atoms with Gasteiger partial charge in [0.25, 0.3) is 0 Å². The molecular weight excluding hydrogens is 284 g/mol. The van der Waals surface area contributed by atoms with Gasteiger partial charge in [-0.1, -0.05) is 24.3 Å². The lowest BCUT2D eigenvalue weighted by molar-refractivity contribution is 0.0198. The van der Waals surface area contributed by atoms with E-state index in [1.54, 1.807) is 11.3 Å². The maximum Gasteiger partial charge on any atom is 0.123 e. The normalized spacial score (nSPS) is 17.8. The van der Waals surface area contributed by atoms with Gasteiger partial charge in [-0.2, -0.15) is 0 Å². The number of hydrogen-bond acceptors (Lipinski definition) is 5. The highest BCUT2D eigenvalue weighted by molar-refractivity contribution is 7.13. The smallest absolute Gasteiger partial charge is 0.123 e. The van der Waals surface area contributed by atoms with E-state index in [1.807, 2.05) is 5.38 Å². The second-order valence-corrected chi connectivity index (χ2v) is 6.11. The molecule has 0 unspecified atom stereocenters. The molecule has 0 amide bonds. The average molecular weight is 304 g/mol. The van der Waals surface area contributed by atoms with Gasteiger partial charge in [0, 0.05) is 30.1 Å². The van der Waals surface area contributed by atoms with Crippen molar-refractivity contribution in [3.63, 3.8) is 0 Å². The van der Waals surface area contributed by atoms with Gasteiger partial charge < -0.3 is 9.84 Å². The Morgan fingerprint density at radius 1 is 1.29 bits per heavy atom. The first-order valence-electron chi connectivity index (χ1n) is 7.25. The van der Waals surface area contributed by atoms with Crippen LogP contribution >= 0.6 is 11.3 Å². The Morgan fingerprint density at radius 2 is 2.00 bits per heavy atom. The van der Waals surface area contributed by atoms with Crippen LogP contribution in [-0.4, -0.2) is 41.3 Å². The van der Waals surface area contributed by atoms with Crippen LogP contribution in [0, 0.1) is 0 Å². The molecule has 1 aromatic carbocycles. The summed E-state index contributed by atoms with van der Waals surface area (Å²) in [6, 6.07) is 9.00. The minimum atomic E-state index is 0.00263. The van der Waals surface area contributed by atoms with Crippen LogP contribution in [0.2, 0.25) is 0 Å². The summed E-state index contributed by atoms with van der Waals surface area (Å²) >= 11 is 1.57. The molecular formula is C16H20N2O2S. The molecule has 21 heavy (non-hydrogen) atoms. The van der Waals surface area contributed by atoms with Gasteiger partial charge >= 0.3 is 0 Å². The number of nitrogens with zero attached hydrogens (tertiary/aromatic N) is 2. The standard InChI is InChI=1S/C16H20N2O2S/c1-12(18-6-8-20-9-7-18)13-2-4-14(5-3-13)16-17-15(10-19)11-21-16/h2-5,11-12,19H,6-10H2,1H3/t12-/m1/s1. The fourth-order valence-corrected chi connectivity index (χ4v) is 3.41. The fraction of sp³-hybridized carbons (Fsp3) is 0.438. The van der Waals surface area contributed by atoms with Gasteiger partial charge in [0.15, 0.2) is 0 Å². The van der Waals surface area contributed by atoms with E-state index in [1.165, 1.54) is 5.56 Å². The molecule has 1 saturated heterocycles. The summed E-state index contributed by atoms with van der Waals surface area (Å²) in [6.45, 7) is 5.89. The zero-order chi connectivity index (χ0) is 14.7. The van der Waals surface area contributed by atoms with Gasteiger partial charge in [-0.3, -0.25) is 4.90 Å². The summed E-state index contributed by atoms with van der Waals surface area (Å²) < 4.78 is 5.41. The highest BCUT2D eigenvalue weighted by atomic mass is 32.1. The van der Waals surface area contributed by atoms with Crippen LogP contribution in [0.4, 0.5) is 0 Å². The van der Waals surface area contributed by atoms with Crippen LogP contribution < -0.4 is 0 Å². The Kier molecular flexibility index (Phi) is 4.65. The molecule has 0 spiro atoms. The molecule has 112 valence electrons. The van der Waals surface area contributed by atoms with Crippen molar-refractivity contribution in [1.82, 2.24) is 9.88 Å². The van der Waals surface area contributed by atoms with E-state index in [-0.39, 0.29) is 6.61 Å².